The summed E-state index contributed by atoms with van der Waals surface area (Å²) in [5.41, 5.74) is 3.37. The Morgan fingerprint density at radius 2 is 1.81 bits per heavy atom. The highest BCUT2D eigenvalue weighted by molar-refractivity contribution is 6.52. The molecule has 1 N–H and O–H groups in total. The van der Waals surface area contributed by atoms with Crippen LogP contribution in [0.3, 0.4) is 0 Å². The van der Waals surface area contributed by atoms with Crippen LogP contribution in [0.4, 0.5) is 5.69 Å². The summed E-state index contributed by atoms with van der Waals surface area (Å²) < 4.78 is 0. The molecule has 0 radical (unpaired) electrons. The number of hydrogen-bond donors (Lipinski definition) is 1. The van der Waals surface area contributed by atoms with Crippen LogP contribution in [0.15, 0.2) is 12.1 Å². The smallest absolute Gasteiger partial charge is 0.299 e. The molecule has 0 fully saturated rings. The van der Waals surface area contributed by atoms with Crippen molar-refractivity contribution >= 4 is 17.4 Å². The molecule has 1 aliphatic rings. The van der Waals surface area contributed by atoms with E-state index in [1.54, 1.807) is 4.90 Å². The van der Waals surface area contributed by atoms with Gasteiger partial charge in [0.1, 0.15) is 0 Å². The van der Waals surface area contributed by atoms with Gasteiger partial charge in [-0.15, -0.1) is 0 Å². The van der Waals surface area contributed by atoms with Crippen LogP contribution in [0.1, 0.15) is 42.3 Å². The first-order valence-electron chi connectivity index (χ1n) is 7.52. The van der Waals surface area contributed by atoms with E-state index in [0.717, 1.165) is 23.4 Å². The number of hydrogen-bond acceptors (Lipinski definition) is 3. The zero-order valence-corrected chi connectivity index (χ0v) is 13.5. The molecule has 0 aromatic heterocycles. The summed E-state index contributed by atoms with van der Waals surface area (Å²) >= 11 is 0. The molecular weight excluding hydrogens is 264 g/mol. The van der Waals surface area contributed by atoms with E-state index < -0.39 is 5.91 Å². The quantitative estimate of drug-likeness (QED) is 0.847. The number of rotatable bonds is 5. The van der Waals surface area contributed by atoms with Crippen molar-refractivity contribution in [1.29, 1.82) is 0 Å². The van der Waals surface area contributed by atoms with Gasteiger partial charge in [0.25, 0.3) is 11.7 Å². The molecule has 0 aliphatic carbocycles. The van der Waals surface area contributed by atoms with Crippen LogP contribution in [0.2, 0.25) is 0 Å². The van der Waals surface area contributed by atoms with E-state index in [1.165, 1.54) is 0 Å². The number of anilines is 1. The molecule has 1 aromatic carbocycles. The molecule has 0 saturated heterocycles. The number of ketones is 1. The molecule has 4 heteroatoms. The number of Topliss-reactive ketones (excluding diaryl/α,β-unsaturated/α-hetero) is 1. The predicted octanol–water partition coefficient (Wildman–Crippen LogP) is 2.47. The Kier molecular flexibility index (Phi) is 4.47. The first kappa shape index (κ1) is 15.7. The van der Waals surface area contributed by atoms with E-state index in [2.05, 4.69) is 26.1 Å². The fourth-order valence-corrected chi connectivity index (χ4v) is 2.82. The van der Waals surface area contributed by atoms with Gasteiger partial charge < -0.3 is 10.2 Å². The summed E-state index contributed by atoms with van der Waals surface area (Å²) in [7, 11) is 0. The van der Waals surface area contributed by atoms with E-state index in [4.69, 9.17) is 0 Å². The highest BCUT2D eigenvalue weighted by Crippen LogP contribution is 2.33. The Morgan fingerprint density at radius 1 is 1.14 bits per heavy atom. The molecular formula is C17H24N2O2. The minimum atomic E-state index is -0.393. The van der Waals surface area contributed by atoms with Gasteiger partial charge in [-0.3, -0.25) is 9.59 Å². The van der Waals surface area contributed by atoms with Crippen molar-refractivity contribution in [3.8, 4) is 0 Å². The standard InChI is InChI=1S/C17H24N2O2/c1-10(2)18-8-12(4)9-19-15-13(5)6-11(3)7-14(15)16(20)17(19)21/h6-7,10,12,18H,8-9H2,1-5H3. The van der Waals surface area contributed by atoms with Crippen LogP contribution in [-0.2, 0) is 4.79 Å². The molecule has 114 valence electrons. The van der Waals surface area contributed by atoms with Crippen molar-refractivity contribution in [3.05, 3.63) is 28.8 Å². The summed E-state index contributed by atoms with van der Waals surface area (Å²) in [5, 5.41) is 3.37. The Hall–Kier alpha value is -1.68. The van der Waals surface area contributed by atoms with Gasteiger partial charge in [0, 0.05) is 12.6 Å². The monoisotopic (exact) mass is 288 g/mol. The van der Waals surface area contributed by atoms with E-state index in [1.807, 2.05) is 26.0 Å². The summed E-state index contributed by atoms with van der Waals surface area (Å²) in [6.45, 7) is 11.6. The summed E-state index contributed by atoms with van der Waals surface area (Å²) in [6, 6.07) is 4.26. The van der Waals surface area contributed by atoms with Crippen LogP contribution in [0.5, 0.6) is 0 Å². The molecule has 1 unspecified atom stereocenters. The third-order valence-electron chi connectivity index (χ3n) is 3.77. The Bertz CT molecular complexity index is 578. The van der Waals surface area contributed by atoms with Crippen molar-refractivity contribution in [2.75, 3.05) is 18.0 Å². The van der Waals surface area contributed by atoms with Crippen molar-refractivity contribution in [3.63, 3.8) is 0 Å². The minimum Gasteiger partial charge on any atom is -0.314 e. The van der Waals surface area contributed by atoms with Gasteiger partial charge in [0.15, 0.2) is 0 Å². The third kappa shape index (κ3) is 3.16. The topological polar surface area (TPSA) is 49.4 Å². The number of nitrogens with one attached hydrogen (secondary N) is 1. The van der Waals surface area contributed by atoms with Gasteiger partial charge in [-0.2, -0.15) is 0 Å². The van der Waals surface area contributed by atoms with Crippen LogP contribution in [0, 0.1) is 19.8 Å². The Labute approximate surface area is 126 Å². The zero-order chi connectivity index (χ0) is 15.7. The number of benzene rings is 1. The molecule has 1 heterocycles. The summed E-state index contributed by atoms with van der Waals surface area (Å²) in [6.07, 6.45) is 0. The maximum absolute atomic E-state index is 12.3. The molecule has 1 atom stereocenters. The van der Waals surface area contributed by atoms with Gasteiger partial charge >= 0.3 is 0 Å². The van der Waals surface area contributed by atoms with Crippen molar-refractivity contribution in [1.82, 2.24) is 5.32 Å². The fourth-order valence-electron chi connectivity index (χ4n) is 2.82. The highest BCUT2D eigenvalue weighted by Gasteiger charge is 2.37. The number of fused-ring (bicyclic) bond motifs is 1. The van der Waals surface area contributed by atoms with Gasteiger partial charge in [0.05, 0.1) is 11.3 Å². The second-order valence-corrected chi connectivity index (χ2v) is 6.39. The van der Waals surface area contributed by atoms with Gasteiger partial charge in [-0.05, 0) is 43.5 Å². The third-order valence-corrected chi connectivity index (χ3v) is 3.77. The first-order valence-corrected chi connectivity index (χ1v) is 7.52. The number of carbonyl (C=O) groups excluding carboxylic acids is 2. The normalized spacial score (nSPS) is 15.8. The predicted molar refractivity (Wildman–Crippen MR) is 84.9 cm³/mol. The average molecular weight is 288 g/mol. The molecule has 1 aromatic rings. The van der Waals surface area contributed by atoms with Crippen molar-refractivity contribution in [2.24, 2.45) is 5.92 Å². The summed E-state index contributed by atoms with van der Waals surface area (Å²) in [4.78, 5) is 26.1. The van der Waals surface area contributed by atoms with Crippen LogP contribution in [-0.4, -0.2) is 30.8 Å². The average Bonchev–Trinajstić information content (AvgIpc) is 2.62. The van der Waals surface area contributed by atoms with E-state index >= 15 is 0 Å². The number of aryl methyl sites for hydroxylation is 2. The Balaban J connectivity index is 2.23. The number of amides is 1. The van der Waals surface area contributed by atoms with Crippen molar-refractivity contribution in [2.45, 2.75) is 40.7 Å². The van der Waals surface area contributed by atoms with Crippen LogP contribution < -0.4 is 10.2 Å². The zero-order valence-electron chi connectivity index (χ0n) is 13.5. The Morgan fingerprint density at radius 3 is 2.43 bits per heavy atom. The lowest BCUT2D eigenvalue weighted by Gasteiger charge is -2.23. The lowest BCUT2D eigenvalue weighted by molar-refractivity contribution is -0.114. The largest absolute Gasteiger partial charge is 0.314 e. The number of nitrogens with zero attached hydrogens (tertiary/aromatic N) is 1. The van der Waals surface area contributed by atoms with E-state index in [-0.39, 0.29) is 11.7 Å². The molecule has 1 amide bonds. The molecule has 0 spiro atoms. The molecule has 0 saturated carbocycles. The molecule has 2 rings (SSSR count). The number of carbonyl (C=O) groups is 2. The lowest BCUT2D eigenvalue weighted by Crippen LogP contribution is -2.38. The second-order valence-electron chi connectivity index (χ2n) is 6.39. The molecule has 21 heavy (non-hydrogen) atoms. The molecule has 4 nitrogen and oxygen atoms in total. The SMILES string of the molecule is Cc1cc(C)c2c(c1)C(=O)C(=O)N2CC(C)CNC(C)C. The summed E-state index contributed by atoms with van der Waals surface area (Å²) in [5.74, 6) is -0.480. The second kappa shape index (κ2) is 5.98. The van der Waals surface area contributed by atoms with Crippen molar-refractivity contribution < 1.29 is 9.59 Å². The first-order chi connectivity index (χ1) is 9.81. The van der Waals surface area contributed by atoms with E-state index in [0.29, 0.717) is 18.2 Å². The minimum absolute atomic E-state index is 0.288. The van der Waals surface area contributed by atoms with Crippen LogP contribution in [0.25, 0.3) is 0 Å². The fraction of sp³-hybridized carbons (Fsp3) is 0.529. The van der Waals surface area contributed by atoms with Gasteiger partial charge in [-0.1, -0.05) is 26.8 Å². The lowest BCUT2D eigenvalue weighted by atomic mass is 10.0. The van der Waals surface area contributed by atoms with Crippen LogP contribution >= 0.6 is 0 Å². The van der Waals surface area contributed by atoms with Gasteiger partial charge in [0.2, 0.25) is 0 Å². The molecule has 1 aliphatic heterocycles. The van der Waals surface area contributed by atoms with E-state index in [9.17, 15) is 9.59 Å². The maximum atomic E-state index is 12.3. The maximum Gasteiger partial charge on any atom is 0.299 e. The molecule has 0 bridgehead atoms. The highest BCUT2D eigenvalue weighted by atomic mass is 16.2. The van der Waals surface area contributed by atoms with Gasteiger partial charge in [-0.25, -0.2) is 0 Å².